The van der Waals surface area contributed by atoms with Crippen molar-refractivity contribution in [2.24, 2.45) is 5.92 Å². The molecule has 0 aromatic heterocycles. The van der Waals surface area contributed by atoms with Gasteiger partial charge in [-0.25, -0.2) is 4.39 Å². The molecule has 0 saturated heterocycles. The summed E-state index contributed by atoms with van der Waals surface area (Å²) in [4.78, 5) is 11.3. The molecule has 0 fully saturated rings. The quantitative estimate of drug-likeness (QED) is 0.773. The van der Waals surface area contributed by atoms with E-state index in [4.69, 9.17) is 0 Å². The van der Waals surface area contributed by atoms with Crippen molar-refractivity contribution in [3.63, 3.8) is 0 Å². The first-order valence-electron chi connectivity index (χ1n) is 5.70. The molecule has 1 atom stereocenters. The average Bonchev–Trinajstić information content (AvgIpc) is 2.34. The lowest BCUT2D eigenvalue weighted by molar-refractivity contribution is -0.145. The van der Waals surface area contributed by atoms with Crippen LogP contribution < -0.4 is 5.32 Å². The lowest BCUT2D eigenvalue weighted by Crippen LogP contribution is -2.28. The van der Waals surface area contributed by atoms with E-state index in [1.165, 1.54) is 19.2 Å². The standard InChI is InChI=1S/C13H18FNO2/c1-3-11(13(16)17-2)9-15-8-10-5-4-6-12(14)7-10/h4-7,11,15H,3,8-9H2,1-2H3. The summed E-state index contributed by atoms with van der Waals surface area (Å²) in [5.41, 5.74) is 0.865. The minimum absolute atomic E-state index is 0.145. The van der Waals surface area contributed by atoms with Gasteiger partial charge >= 0.3 is 5.97 Å². The summed E-state index contributed by atoms with van der Waals surface area (Å²) < 4.78 is 17.6. The van der Waals surface area contributed by atoms with Gasteiger partial charge in [-0.2, -0.15) is 0 Å². The third-order valence-electron chi connectivity index (χ3n) is 2.64. The monoisotopic (exact) mass is 239 g/mol. The van der Waals surface area contributed by atoms with Crippen molar-refractivity contribution in [2.45, 2.75) is 19.9 Å². The van der Waals surface area contributed by atoms with Crippen LogP contribution in [-0.2, 0) is 16.1 Å². The van der Waals surface area contributed by atoms with E-state index < -0.39 is 0 Å². The number of benzene rings is 1. The molecule has 17 heavy (non-hydrogen) atoms. The summed E-state index contributed by atoms with van der Waals surface area (Å²) in [7, 11) is 1.39. The number of methoxy groups -OCH3 is 1. The SMILES string of the molecule is CCC(CNCc1cccc(F)c1)C(=O)OC. The van der Waals surface area contributed by atoms with Gasteiger partial charge in [-0.05, 0) is 24.1 Å². The van der Waals surface area contributed by atoms with Crippen LogP contribution >= 0.6 is 0 Å². The van der Waals surface area contributed by atoms with Crippen molar-refractivity contribution in [3.05, 3.63) is 35.6 Å². The smallest absolute Gasteiger partial charge is 0.309 e. The molecular formula is C13H18FNO2. The van der Waals surface area contributed by atoms with Gasteiger partial charge < -0.3 is 10.1 Å². The molecule has 0 heterocycles. The van der Waals surface area contributed by atoms with Gasteiger partial charge in [0.2, 0.25) is 0 Å². The Kier molecular flexibility index (Phi) is 5.63. The third-order valence-corrected chi connectivity index (χ3v) is 2.64. The van der Waals surface area contributed by atoms with Crippen LogP contribution in [0.1, 0.15) is 18.9 Å². The molecule has 1 aromatic carbocycles. The molecule has 1 aromatic rings. The van der Waals surface area contributed by atoms with Crippen LogP contribution in [0.15, 0.2) is 24.3 Å². The Morgan fingerprint density at radius 3 is 2.88 bits per heavy atom. The molecule has 0 amide bonds. The fourth-order valence-electron chi connectivity index (χ4n) is 1.60. The van der Waals surface area contributed by atoms with Crippen LogP contribution in [0.4, 0.5) is 4.39 Å². The molecule has 0 spiro atoms. The molecule has 0 bridgehead atoms. The largest absolute Gasteiger partial charge is 0.469 e. The number of rotatable bonds is 6. The van der Waals surface area contributed by atoms with Crippen LogP contribution in [0.2, 0.25) is 0 Å². The Bertz CT molecular complexity index is 368. The molecule has 0 aliphatic heterocycles. The summed E-state index contributed by atoms with van der Waals surface area (Å²) in [6.45, 7) is 3.02. The topological polar surface area (TPSA) is 38.3 Å². The van der Waals surface area contributed by atoms with Crippen LogP contribution in [0.5, 0.6) is 0 Å². The molecule has 1 rings (SSSR count). The first-order chi connectivity index (χ1) is 8.17. The van der Waals surface area contributed by atoms with Crippen LogP contribution in [0.25, 0.3) is 0 Å². The maximum atomic E-state index is 12.9. The fraction of sp³-hybridized carbons (Fsp3) is 0.462. The van der Waals surface area contributed by atoms with Gasteiger partial charge in [0.15, 0.2) is 0 Å². The minimum atomic E-state index is -0.246. The third kappa shape index (κ3) is 4.53. The maximum absolute atomic E-state index is 12.9. The van der Waals surface area contributed by atoms with Gasteiger partial charge in [0.25, 0.3) is 0 Å². The first kappa shape index (κ1) is 13.6. The summed E-state index contributed by atoms with van der Waals surface area (Å²) in [6, 6.07) is 6.40. The van der Waals surface area contributed by atoms with Gasteiger partial charge in [0, 0.05) is 13.1 Å². The Morgan fingerprint density at radius 1 is 1.53 bits per heavy atom. The van der Waals surface area contributed by atoms with Crippen LogP contribution in [0.3, 0.4) is 0 Å². The molecule has 0 aliphatic rings. The summed E-state index contributed by atoms with van der Waals surface area (Å²) >= 11 is 0. The summed E-state index contributed by atoms with van der Waals surface area (Å²) in [5, 5.41) is 3.13. The second-order valence-electron chi connectivity index (χ2n) is 3.89. The van der Waals surface area contributed by atoms with Gasteiger partial charge in [0.05, 0.1) is 13.0 Å². The predicted molar refractivity (Wildman–Crippen MR) is 63.9 cm³/mol. The molecular weight excluding hydrogens is 221 g/mol. The zero-order chi connectivity index (χ0) is 12.7. The zero-order valence-corrected chi connectivity index (χ0v) is 10.2. The second kappa shape index (κ2) is 7.01. The van der Waals surface area contributed by atoms with Crippen molar-refractivity contribution in [2.75, 3.05) is 13.7 Å². The van der Waals surface area contributed by atoms with Crippen molar-refractivity contribution >= 4 is 5.97 Å². The molecule has 0 saturated carbocycles. The van der Waals surface area contributed by atoms with Crippen molar-refractivity contribution in [1.29, 1.82) is 0 Å². The van der Waals surface area contributed by atoms with Crippen LogP contribution in [0, 0.1) is 11.7 Å². The number of nitrogens with one attached hydrogen (secondary N) is 1. The molecule has 4 heteroatoms. The Labute approximate surface area is 101 Å². The van der Waals surface area contributed by atoms with Crippen LogP contribution in [-0.4, -0.2) is 19.6 Å². The van der Waals surface area contributed by atoms with Crippen molar-refractivity contribution in [3.8, 4) is 0 Å². The molecule has 0 radical (unpaired) electrons. The second-order valence-corrected chi connectivity index (χ2v) is 3.89. The maximum Gasteiger partial charge on any atom is 0.309 e. The van der Waals surface area contributed by atoms with Crippen molar-refractivity contribution < 1.29 is 13.9 Å². The first-order valence-corrected chi connectivity index (χ1v) is 5.70. The van der Waals surface area contributed by atoms with E-state index in [-0.39, 0.29) is 17.7 Å². The van der Waals surface area contributed by atoms with Gasteiger partial charge in [-0.1, -0.05) is 19.1 Å². The zero-order valence-electron chi connectivity index (χ0n) is 10.2. The van der Waals surface area contributed by atoms with Crippen molar-refractivity contribution in [1.82, 2.24) is 5.32 Å². The highest BCUT2D eigenvalue weighted by molar-refractivity contribution is 5.72. The van der Waals surface area contributed by atoms with E-state index in [1.807, 2.05) is 13.0 Å². The number of hydrogen-bond donors (Lipinski definition) is 1. The fourth-order valence-corrected chi connectivity index (χ4v) is 1.60. The number of carbonyl (C=O) groups is 1. The number of halogens is 1. The molecule has 1 unspecified atom stereocenters. The van der Waals surface area contributed by atoms with Gasteiger partial charge in [-0.15, -0.1) is 0 Å². The van der Waals surface area contributed by atoms with E-state index in [0.717, 1.165) is 12.0 Å². The Morgan fingerprint density at radius 2 is 2.29 bits per heavy atom. The lowest BCUT2D eigenvalue weighted by atomic mass is 10.1. The predicted octanol–water partition coefficient (Wildman–Crippen LogP) is 2.11. The number of hydrogen-bond acceptors (Lipinski definition) is 3. The van der Waals surface area contributed by atoms with E-state index >= 15 is 0 Å². The summed E-state index contributed by atoms with van der Waals surface area (Å²) in [6.07, 6.45) is 0.725. The molecule has 94 valence electrons. The summed E-state index contributed by atoms with van der Waals surface area (Å²) in [5.74, 6) is -0.600. The minimum Gasteiger partial charge on any atom is -0.469 e. The molecule has 1 N–H and O–H groups in total. The molecule has 3 nitrogen and oxygen atoms in total. The highest BCUT2D eigenvalue weighted by Gasteiger charge is 2.15. The lowest BCUT2D eigenvalue weighted by Gasteiger charge is -2.13. The van der Waals surface area contributed by atoms with E-state index in [0.29, 0.717) is 13.1 Å². The van der Waals surface area contributed by atoms with Gasteiger partial charge in [0.1, 0.15) is 5.82 Å². The Hall–Kier alpha value is -1.42. The highest BCUT2D eigenvalue weighted by atomic mass is 19.1. The van der Waals surface area contributed by atoms with Gasteiger partial charge in [-0.3, -0.25) is 4.79 Å². The average molecular weight is 239 g/mol. The van der Waals surface area contributed by atoms with E-state index in [9.17, 15) is 9.18 Å². The van der Waals surface area contributed by atoms with E-state index in [2.05, 4.69) is 10.1 Å². The number of esters is 1. The number of carbonyl (C=O) groups excluding carboxylic acids is 1. The normalized spacial score (nSPS) is 12.2. The Balaban J connectivity index is 2.38. The number of ether oxygens (including phenoxy) is 1. The highest BCUT2D eigenvalue weighted by Crippen LogP contribution is 2.05. The van der Waals surface area contributed by atoms with E-state index in [1.54, 1.807) is 6.07 Å². The molecule has 0 aliphatic carbocycles.